The minimum atomic E-state index is -1.03. The summed E-state index contributed by atoms with van der Waals surface area (Å²) < 4.78 is 14.3. The number of carboxylic acid groups (broad SMARTS) is 1. The van der Waals surface area contributed by atoms with E-state index in [2.05, 4.69) is 25.9 Å². The Bertz CT molecular complexity index is 945. The largest absolute Gasteiger partial charge is 0.480 e. The molecular formula is C19H14BrFN2O2. The molecule has 4 nitrogen and oxygen atoms in total. The normalized spacial score (nSPS) is 12.6. The van der Waals surface area contributed by atoms with Crippen LogP contribution < -0.4 is 0 Å². The maximum atomic E-state index is 13.6. The van der Waals surface area contributed by atoms with Crippen molar-refractivity contribution in [2.75, 3.05) is 0 Å². The Hall–Kier alpha value is -2.60. The van der Waals surface area contributed by atoms with Gasteiger partial charge in [0.1, 0.15) is 5.82 Å². The molecular weight excluding hydrogens is 387 g/mol. The molecule has 25 heavy (non-hydrogen) atoms. The first-order valence-corrected chi connectivity index (χ1v) is 8.37. The van der Waals surface area contributed by atoms with Gasteiger partial charge in [-0.2, -0.15) is 0 Å². The van der Waals surface area contributed by atoms with Crippen molar-refractivity contribution >= 4 is 39.0 Å². The fraction of sp³-hybridized carbons (Fsp3) is 0.105. The van der Waals surface area contributed by atoms with Gasteiger partial charge in [0.25, 0.3) is 0 Å². The van der Waals surface area contributed by atoms with Gasteiger partial charge in [-0.3, -0.25) is 9.98 Å². The van der Waals surface area contributed by atoms with Gasteiger partial charge >= 0.3 is 5.97 Å². The van der Waals surface area contributed by atoms with Crippen molar-refractivity contribution < 1.29 is 14.3 Å². The highest BCUT2D eigenvalue weighted by Gasteiger charge is 2.18. The Morgan fingerprint density at radius 3 is 2.76 bits per heavy atom. The molecule has 3 aromatic rings. The smallest absolute Gasteiger partial charge is 0.328 e. The number of hydrogen-bond acceptors (Lipinski definition) is 3. The maximum Gasteiger partial charge on any atom is 0.328 e. The van der Waals surface area contributed by atoms with Crippen LogP contribution in [0, 0.1) is 5.82 Å². The van der Waals surface area contributed by atoms with Crippen molar-refractivity contribution in [1.82, 2.24) is 4.98 Å². The first kappa shape index (κ1) is 17.2. The summed E-state index contributed by atoms with van der Waals surface area (Å²) in [6, 6.07) is 13.2. The summed E-state index contributed by atoms with van der Waals surface area (Å²) in [6.45, 7) is 0. The highest BCUT2D eigenvalue weighted by molar-refractivity contribution is 9.10. The zero-order valence-electron chi connectivity index (χ0n) is 13.1. The highest BCUT2D eigenvalue weighted by Crippen LogP contribution is 2.27. The molecule has 0 saturated heterocycles. The molecule has 0 aliphatic carbocycles. The fourth-order valence-electron chi connectivity index (χ4n) is 2.52. The first-order chi connectivity index (χ1) is 12.0. The van der Waals surface area contributed by atoms with Crippen molar-refractivity contribution in [3.8, 4) is 0 Å². The van der Waals surface area contributed by atoms with Crippen LogP contribution in [0.4, 0.5) is 4.39 Å². The van der Waals surface area contributed by atoms with E-state index >= 15 is 0 Å². The zero-order chi connectivity index (χ0) is 17.8. The fourth-order valence-corrected chi connectivity index (χ4v) is 2.97. The molecule has 6 heteroatoms. The average molecular weight is 401 g/mol. The summed E-state index contributed by atoms with van der Waals surface area (Å²) in [5, 5.41) is 10.1. The lowest BCUT2D eigenvalue weighted by molar-refractivity contribution is -0.138. The number of nitrogens with zero attached hydrogens (tertiary/aromatic N) is 2. The summed E-state index contributed by atoms with van der Waals surface area (Å²) in [4.78, 5) is 19.9. The van der Waals surface area contributed by atoms with E-state index in [9.17, 15) is 14.3 Å². The van der Waals surface area contributed by atoms with Gasteiger partial charge in [0, 0.05) is 22.5 Å². The van der Waals surface area contributed by atoms with E-state index in [1.54, 1.807) is 18.3 Å². The number of aromatic nitrogens is 1. The average Bonchev–Trinajstić information content (AvgIpc) is 2.61. The minimum Gasteiger partial charge on any atom is -0.480 e. The summed E-state index contributed by atoms with van der Waals surface area (Å²) in [6.07, 6.45) is 2.82. The number of halogens is 2. The second-order valence-electron chi connectivity index (χ2n) is 5.50. The number of pyridine rings is 1. The molecule has 0 unspecified atom stereocenters. The Labute approximate surface area is 152 Å². The zero-order valence-corrected chi connectivity index (χ0v) is 14.6. The molecule has 0 radical (unpaired) electrons. The first-order valence-electron chi connectivity index (χ1n) is 7.58. The van der Waals surface area contributed by atoms with E-state index in [-0.39, 0.29) is 6.42 Å². The van der Waals surface area contributed by atoms with Crippen LogP contribution >= 0.6 is 15.9 Å². The lowest BCUT2D eigenvalue weighted by atomic mass is 10.0. The van der Waals surface area contributed by atoms with E-state index in [0.717, 1.165) is 16.2 Å². The van der Waals surface area contributed by atoms with Crippen molar-refractivity contribution in [3.63, 3.8) is 0 Å². The van der Waals surface area contributed by atoms with Crippen LogP contribution in [-0.2, 0) is 11.2 Å². The van der Waals surface area contributed by atoms with Crippen LogP contribution in [0.5, 0.6) is 0 Å². The van der Waals surface area contributed by atoms with Gasteiger partial charge in [-0.05, 0) is 39.2 Å². The Balaban J connectivity index is 1.94. The third-order valence-corrected chi connectivity index (χ3v) is 4.40. The molecule has 1 heterocycles. The van der Waals surface area contributed by atoms with Gasteiger partial charge in [-0.25, -0.2) is 9.18 Å². The Kier molecular flexibility index (Phi) is 5.19. The topological polar surface area (TPSA) is 62.5 Å². The van der Waals surface area contributed by atoms with E-state index in [1.165, 1.54) is 6.07 Å². The molecule has 1 aromatic heterocycles. The standard InChI is InChI=1S/C19H14BrFN2O2/c20-16-7-6-13(15-9-14(21)11-23-18(15)16)8-17(19(24)25)22-10-12-4-2-1-3-5-12/h1-7,9-11,17H,8H2,(H,24,25)/t17-/m0/s1. The molecule has 0 spiro atoms. The minimum absolute atomic E-state index is 0.146. The van der Waals surface area contributed by atoms with Crippen LogP contribution in [0.2, 0.25) is 0 Å². The summed E-state index contributed by atoms with van der Waals surface area (Å²) in [5.41, 5.74) is 2.10. The molecule has 0 aliphatic heterocycles. The molecule has 0 saturated carbocycles. The van der Waals surface area contributed by atoms with E-state index < -0.39 is 17.8 Å². The number of rotatable bonds is 5. The second kappa shape index (κ2) is 7.53. The van der Waals surface area contributed by atoms with Crippen LogP contribution in [0.1, 0.15) is 11.1 Å². The van der Waals surface area contributed by atoms with Crippen LogP contribution in [-0.4, -0.2) is 28.3 Å². The molecule has 3 rings (SSSR count). The van der Waals surface area contributed by atoms with Crippen LogP contribution in [0.25, 0.3) is 10.9 Å². The van der Waals surface area contributed by atoms with E-state index in [4.69, 9.17) is 0 Å². The molecule has 1 N–H and O–H groups in total. The van der Waals surface area contributed by atoms with Crippen molar-refractivity contribution in [3.05, 3.63) is 76.1 Å². The van der Waals surface area contributed by atoms with Gasteiger partial charge in [0.15, 0.2) is 6.04 Å². The number of benzene rings is 2. The number of aliphatic imine (C=N–C) groups is 1. The molecule has 126 valence electrons. The number of hydrogen-bond donors (Lipinski definition) is 1. The molecule has 2 aromatic carbocycles. The second-order valence-corrected chi connectivity index (χ2v) is 6.36. The Morgan fingerprint density at radius 2 is 2.04 bits per heavy atom. The monoisotopic (exact) mass is 400 g/mol. The van der Waals surface area contributed by atoms with Crippen molar-refractivity contribution in [2.24, 2.45) is 4.99 Å². The van der Waals surface area contributed by atoms with Gasteiger partial charge in [0.05, 0.1) is 11.7 Å². The summed E-state index contributed by atoms with van der Waals surface area (Å²) in [7, 11) is 0. The van der Waals surface area contributed by atoms with Gasteiger partial charge in [-0.1, -0.05) is 36.4 Å². The number of carboxylic acids is 1. The van der Waals surface area contributed by atoms with Gasteiger partial charge < -0.3 is 5.11 Å². The van der Waals surface area contributed by atoms with E-state index in [0.29, 0.717) is 16.5 Å². The van der Waals surface area contributed by atoms with Crippen molar-refractivity contribution in [1.29, 1.82) is 0 Å². The molecule has 0 bridgehead atoms. The Morgan fingerprint density at radius 1 is 1.28 bits per heavy atom. The van der Waals surface area contributed by atoms with Crippen molar-refractivity contribution in [2.45, 2.75) is 12.5 Å². The van der Waals surface area contributed by atoms with Gasteiger partial charge in [-0.15, -0.1) is 0 Å². The number of fused-ring (bicyclic) bond motifs is 1. The lowest BCUT2D eigenvalue weighted by Crippen LogP contribution is -2.21. The molecule has 0 aliphatic rings. The van der Waals surface area contributed by atoms with Crippen LogP contribution in [0.15, 0.2) is 64.2 Å². The predicted molar refractivity (Wildman–Crippen MR) is 98.6 cm³/mol. The summed E-state index contributed by atoms with van der Waals surface area (Å²) in [5.74, 6) is -1.50. The molecule has 1 atom stereocenters. The summed E-state index contributed by atoms with van der Waals surface area (Å²) >= 11 is 3.38. The molecule has 0 amide bonds. The SMILES string of the molecule is O=C(O)[C@H](Cc1ccc(Br)c2ncc(F)cc12)N=Cc1ccccc1. The quantitative estimate of drug-likeness (QED) is 0.651. The highest BCUT2D eigenvalue weighted by atomic mass is 79.9. The third-order valence-electron chi connectivity index (χ3n) is 3.76. The lowest BCUT2D eigenvalue weighted by Gasteiger charge is -2.11. The number of carbonyl (C=O) groups is 1. The van der Waals surface area contributed by atoms with Gasteiger partial charge in [0.2, 0.25) is 0 Å². The molecule has 0 fully saturated rings. The van der Waals surface area contributed by atoms with E-state index in [1.807, 2.05) is 30.3 Å². The predicted octanol–water partition coefficient (Wildman–Crippen LogP) is 4.25. The number of aliphatic carboxylic acids is 1. The van der Waals surface area contributed by atoms with Crippen LogP contribution in [0.3, 0.4) is 0 Å². The maximum absolute atomic E-state index is 13.6. The third kappa shape index (κ3) is 4.09.